The molecule has 2 amide bonds. The Morgan fingerprint density at radius 1 is 1.26 bits per heavy atom. The maximum Gasteiger partial charge on any atom is 0.308 e. The Bertz CT molecular complexity index is 560. The summed E-state index contributed by atoms with van der Waals surface area (Å²) < 4.78 is 17.7. The first kappa shape index (κ1) is 18.6. The second-order valence-corrected chi connectivity index (χ2v) is 5.21. The molecule has 0 saturated carbocycles. The van der Waals surface area contributed by atoms with Gasteiger partial charge >= 0.3 is 5.97 Å². The van der Waals surface area contributed by atoms with Crippen LogP contribution < -0.4 is 11.1 Å². The van der Waals surface area contributed by atoms with Gasteiger partial charge in [-0.3, -0.25) is 14.4 Å². The molecule has 2 atom stereocenters. The SMILES string of the molecule is CCOC(=O)[C@H](C)C[C@@H](NC(=O)Cc1ccc(F)cc1)C(N)=O. The van der Waals surface area contributed by atoms with Gasteiger partial charge in [-0.25, -0.2) is 4.39 Å². The molecule has 126 valence electrons. The van der Waals surface area contributed by atoms with Crippen molar-refractivity contribution < 1.29 is 23.5 Å². The summed E-state index contributed by atoms with van der Waals surface area (Å²) in [5, 5.41) is 2.49. The van der Waals surface area contributed by atoms with E-state index in [9.17, 15) is 18.8 Å². The highest BCUT2D eigenvalue weighted by molar-refractivity contribution is 5.88. The third-order valence-corrected chi connectivity index (χ3v) is 3.23. The number of carbonyl (C=O) groups is 3. The van der Waals surface area contributed by atoms with Crippen molar-refractivity contribution in [3.05, 3.63) is 35.6 Å². The minimum atomic E-state index is -0.970. The number of halogens is 1. The molecule has 7 heteroatoms. The number of esters is 1. The van der Waals surface area contributed by atoms with Crippen LogP contribution in [0.15, 0.2) is 24.3 Å². The fourth-order valence-electron chi connectivity index (χ4n) is 2.01. The topological polar surface area (TPSA) is 98.5 Å². The third kappa shape index (κ3) is 6.46. The van der Waals surface area contributed by atoms with Crippen LogP contribution in [0.3, 0.4) is 0 Å². The van der Waals surface area contributed by atoms with E-state index in [-0.39, 0.29) is 19.4 Å². The first-order valence-corrected chi connectivity index (χ1v) is 7.33. The third-order valence-electron chi connectivity index (χ3n) is 3.23. The molecule has 1 rings (SSSR count). The van der Waals surface area contributed by atoms with Crippen molar-refractivity contribution in [2.45, 2.75) is 32.7 Å². The summed E-state index contributed by atoms with van der Waals surface area (Å²) in [6, 6.07) is 4.49. The number of hydrogen-bond acceptors (Lipinski definition) is 4. The lowest BCUT2D eigenvalue weighted by Crippen LogP contribution is -2.46. The predicted molar refractivity (Wildman–Crippen MR) is 81.6 cm³/mol. The van der Waals surface area contributed by atoms with Crippen LogP contribution in [0.4, 0.5) is 4.39 Å². The van der Waals surface area contributed by atoms with Crippen LogP contribution in [-0.4, -0.2) is 30.4 Å². The Hall–Kier alpha value is -2.44. The maximum atomic E-state index is 12.8. The molecule has 0 radical (unpaired) electrons. The molecular formula is C16H21FN2O4. The minimum Gasteiger partial charge on any atom is -0.466 e. The number of amides is 2. The van der Waals surface area contributed by atoms with E-state index in [1.165, 1.54) is 24.3 Å². The van der Waals surface area contributed by atoms with Crippen molar-refractivity contribution in [1.29, 1.82) is 0 Å². The lowest BCUT2D eigenvalue weighted by atomic mass is 10.0. The Morgan fingerprint density at radius 3 is 2.39 bits per heavy atom. The second-order valence-electron chi connectivity index (χ2n) is 5.21. The van der Waals surface area contributed by atoms with Gasteiger partial charge in [0.15, 0.2) is 0 Å². The summed E-state index contributed by atoms with van der Waals surface area (Å²) >= 11 is 0. The molecular weight excluding hydrogens is 303 g/mol. The van der Waals surface area contributed by atoms with Crippen LogP contribution in [0.2, 0.25) is 0 Å². The Balaban J connectivity index is 2.61. The number of rotatable bonds is 8. The molecule has 0 fully saturated rings. The highest BCUT2D eigenvalue weighted by Crippen LogP contribution is 2.09. The summed E-state index contributed by atoms with van der Waals surface area (Å²) in [6.07, 6.45) is 0.0428. The number of nitrogens with two attached hydrogens (primary N) is 1. The molecule has 0 unspecified atom stereocenters. The Labute approximate surface area is 134 Å². The lowest BCUT2D eigenvalue weighted by molar-refractivity contribution is -0.148. The van der Waals surface area contributed by atoms with Crippen LogP contribution in [-0.2, 0) is 25.5 Å². The zero-order chi connectivity index (χ0) is 17.4. The van der Waals surface area contributed by atoms with Gasteiger partial charge in [-0.15, -0.1) is 0 Å². The normalized spacial score (nSPS) is 13.0. The quantitative estimate of drug-likeness (QED) is 0.695. The van der Waals surface area contributed by atoms with Gasteiger partial charge in [0, 0.05) is 0 Å². The smallest absolute Gasteiger partial charge is 0.308 e. The molecule has 0 heterocycles. The van der Waals surface area contributed by atoms with Crippen LogP contribution in [0.25, 0.3) is 0 Å². The summed E-state index contributed by atoms with van der Waals surface area (Å²) in [4.78, 5) is 35.0. The monoisotopic (exact) mass is 324 g/mol. The van der Waals surface area contributed by atoms with Gasteiger partial charge in [0.2, 0.25) is 11.8 Å². The zero-order valence-corrected chi connectivity index (χ0v) is 13.2. The van der Waals surface area contributed by atoms with Crippen LogP contribution in [0.1, 0.15) is 25.8 Å². The molecule has 3 N–H and O–H groups in total. The average molecular weight is 324 g/mol. The first-order valence-electron chi connectivity index (χ1n) is 7.33. The summed E-state index contributed by atoms with van der Waals surface area (Å²) in [5.74, 6) is -2.58. The molecule has 0 saturated heterocycles. The first-order chi connectivity index (χ1) is 10.8. The van der Waals surface area contributed by atoms with Crippen LogP contribution >= 0.6 is 0 Å². The minimum absolute atomic E-state index is 0.0160. The van der Waals surface area contributed by atoms with Crippen molar-refractivity contribution in [2.75, 3.05) is 6.61 Å². The van der Waals surface area contributed by atoms with E-state index < -0.39 is 35.6 Å². The standard InChI is InChI=1S/C16H21FN2O4/c1-3-23-16(22)10(2)8-13(15(18)21)19-14(20)9-11-4-6-12(17)7-5-11/h4-7,10,13H,3,8-9H2,1-2H3,(H2,18,21)(H,19,20)/t10-,13-/m1/s1. The van der Waals surface area contributed by atoms with E-state index in [4.69, 9.17) is 10.5 Å². The van der Waals surface area contributed by atoms with E-state index in [0.717, 1.165) is 0 Å². The highest BCUT2D eigenvalue weighted by atomic mass is 19.1. The Kier molecular flexibility index (Phi) is 7.18. The molecule has 0 aromatic heterocycles. The number of hydrogen-bond donors (Lipinski definition) is 2. The summed E-state index contributed by atoms with van der Waals surface area (Å²) in [6.45, 7) is 3.52. The van der Waals surface area contributed by atoms with Gasteiger partial charge in [0.05, 0.1) is 18.9 Å². The molecule has 6 nitrogen and oxygen atoms in total. The average Bonchev–Trinajstić information content (AvgIpc) is 2.49. The number of primary amides is 1. The fraction of sp³-hybridized carbons (Fsp3) is 0.438. The van der Waals surface area contributed by atoms with Gasteiger partial charge in [-0.1, -0.05) is 19.1 Å². The van der Waals surface area contributed by atoms with E-state index in [1.54, 1.807) is 13.8 Å². The molecule has 1 aromatic rings. The largest absolute Gasteiger partial charge is 0.466 e. The predicted octanol–water partition coefficient (Wildman–Crippen LogP) is 0.928. The van der Waals surface area contributed by atoms with E-state index in [1.807, 2.05) is 0 Å². The van der Waals surface area contributed by atoms with Gasteiger partial charge in [-0.05, 0) is 31.0 Å². The number of benzene rings is 1. The number of nitrogens with one attached hydrogen (secondary N) is 1. The Morgan fingerprint density at radius 2 is 1.87 bits per heavy atom. The van der Waals surface area contributed by atoms with Crippen molar-refractivity contribution in [3.8, 4) is 0 Å². The van der Waals surface area contributed by atoms with Gasteiger partial charge < -0.3 is 15.8 Å². The highest BCUT2D eigenvalue weighted by Gasteiger charge is 2.25. The molecule has 23 heavy (non-hydrogen) atoms. The van der Waals surface area contributed by atoms with E-state index >= 15 is 0 Å². The molecule has 1 aromatic carbocycles. The van der Waals surface area contributed by atoms with Crippen molar-refractivity contribution in [1.82, 2.24) is 5.32 Å². The molecule has 0 spiro atoms. The number of carbonyl (C=O) groups excluding carboxylic acids is 3. The fourth-order valence-corrected chi connectivity index (χ4v) is 2.01. The van der Waals surface area contributed by atoms with Crippen molar-refractivity contribution >= 4 is 17.8 Å². The lowest BCUT2D eigenvalue weighted by Gasteiger charge is -2.18. The molecule has 0 aliphatic carbocycles. The maximum absolute atomic E-state index is 12.8. The molecule has 0 aliphatic heterocycles. The van der Waals surface area contributed by atoms with Crippen molar-refractivity contribution in [3.63, 3.8) is 0 Å². The number of ether oxygens (including phenoxy) is 1. The van der Waals surface area contributed by atoms with Gasteiger partial charge in [0.25, 0.3) is 0 Å². The molecule has 0 bridgehead atoms. The molecule has 0 aliphatic rings. The summed E-state index contributed by atoms with van der Waals surface area (Å²) in [7, 11) is 0. The van der Waals surface area contributed by atoms with Gasteiger partial charge in [-0.2, -0.15) is 0 Å². The van der Waals surface area contributed by atoms with E-state index in [0.29, 0.717) is 5.56 Å². The van der Waals surface area contributed by atoms with E-state index in [2.05, 4.69) is 5.32 Å². The zero-order valence-electron chi connectivity index (χ0n) is 13.2. The van der Waals surface area contributed by atoms with Crippen LogP contribution in [0.5, 0.6) is 0 Å². The van der Waals surface area contributed by atoms with Crippen molar-refractivity contribution in [2.24, 2.45) is 11.7 Å². The second kappa shape index (κ2) is 8.87. The van der Waals surface area contributed by atoms with Crippen LogP contribution in [0, 0.1) is 11.7 Å². The summed E-state index contributed by atoms with van der Waals surface area (Å²) in [5.41, 5.74) is 5.87. The van der Waals surface area contributed by atoms with Gasteiger partial charge in [0.1, 0.15) is 11.9 Å².